The van der Waals surface area contributed by atoms with Crippen LogP contribution < -0.4 is 10.9 Å². The molecule has 182 valence electrons. The molecule has 1 amide bonds. The van der Waals surface area contributed by atoms with Crippen LogP contribution in [0.2, 0.25) is 0 Å². The number of aliphatic hydroxyl groups is 1. The van der Waals surface area contributed by atoms with Crippen molar-refractivity contribution in [1.29, 1.82) is 0 Å². The number of nitrogens with one attached hydrogen (secondary N) is 1. The van der Waals surface area contributed by atoms with Gasteiger partial charge in [0, 0.05) is 19.3 Å². The van der Waals surface area contributed by atoms with E-state index >= 15 is 0 Å². The highest BCUT2D eigenvalue weighted by Gasteiger charge is 2.32. The van der Waals surface area contributed by atoms with Gasteiger partial charge in [-0.1, -0.05) is 86.6 Å². The van der Waals surface area contributed by atoms with Gasteiger partial charge in [0.05, 0.1) is 16.6 Å². The average Bonchev–Trinajstić information content (AvgIpc) is 3.14. The molecule has 1 unspecified atom stereocenters. The van der Waals surface area contributed by atoms with Crippen LogP contribution in [0.4, 0.5) is 5.82 Å². The van der Waals surface area contributed by atoms with Crippen LogP contribution in [0.1, 0.15) is 49.8 Å². The molecule has 4 rings (SSSR count). The Labute approximate surface area is 213 Å². The number of unbranched alkanes of at least 4 members (excludes halogenated alkanes) is 3. The highest BCUT2D eigenvalue weighted by Crippen LogP contribution is 2.33. The van der Waals surface area contributed by atoms with Crippen molar-refractivity contribution in [3.63, 3.8) is 0 Å². The van der Waals surface area contributed by atoms with Crippen molar-refractivity contribution in [2.45, 2.75) is 38.7 Å². The molecule has 9 heteroatoms. The summed E-state index contributed by atoms with van der Waals surface area (Å²) in [5, 5.41) is 13.7. The van der Waals surface area contributed by atoms with Crippen LogP contribution in [0.3, 0.4) is 0 Å². The molecule has 0 saturated carbocycles. The van der Waals surface area contributed by atoms with Crippen molar-refractivity contribution in [3.05, 3.63) is 81.1 Å². The smallest absolute Gasteiger partial charge is 0.267 e. The molecule has 0 aliphatic carbocycles. The lowest BCUT2D eigenvalue weighted by Crippen LogP contribution is -2.29. The summed E-state index contributed by atoms with van der Waals surface area (Å²) in [5.41, 5.74) is 1.17. The molecule has 1 saturated heterocycles. The maximum Gasteiger partial charge on any atom is 0.267 e. The summed E-state index contributed by atoms with van der Waals surface area (Å²) in [7, 11) is 0. The number of nitrogens with zero attached hydrogens (tertiary/aromatic N) is 3. The number of amides is 1. The van der Waals surface area contributed by atoms with Crippen LogP contribution in [0.5, 0.6) is 0 Å². The number of aromatic nitrogens is 2. The Morgan fingerprint density at radius 3 is 2.66 bits per heavy atom. The number of pyridine rings is 1. The van der Waals surface area contributed by atoms with E-state index in [1.54, 1.807) is 35.4 Å². The SMILES string of the molecule is CCCCCCN1C(=O)C(=Cc2c(NCC(O)c3ccccc3)nc3ccccn3c2=O)SC1=S. The standard InChI is InChI=1S/C26H28N4O3S2/c1-2-3-4-9-15-30-25(33)21(35-26(30)34)16-19-23(27-17-20(31)18-11-6-5-7-12-18)28-22-13-8-10-14-29(22)24(19)32/h5-8,10-14,16,20,27,31H,2-4,9,15,17H2,1H3. The van der Waals surface area contributed by atoms with Crippen molar-refractivity contribution < 1.29 is 9.90 Å². The predicted molar refractivity (Wildman–Crippen MR) is 145 cm³/mol. The van der Waals surface area contributed by atoms with Crippen LogP contribution in [0.25, 0.3) is 11.7 Å². The fourth-order valence-electron chi connectivity index (χ4n) is 3.87. The third-order valence-corrected chi connectivity index (χ3v) is 7.18. The second kappa shape index (κ2) is 11.6. The Bertz CT molecular complexity index is 1310. The van der Waals surface area contributed by atoms with Crippen LogP contribution in [0, 0.1) is 0 Å². The lowest BCUT2D eigenvalue weighted by atomic mass is 10.1. The summed E-state index contributed by atoms with van der Waals surface area (Å²) in [5.74, 6) is 0.119. The van der Waals surface area contributed by atoms with Gasteiger partial charge in [-0.15, -0.1) is 0 Å². The van der Waals surface area contributed by atoms with Crippen molar-refractivity contribution in [1.82, 2.24) is 14.3 Å². The van der Waals surface area contributed by atoms with Gasteiger partial charge in [-0.3, -0.25) is 18.9 Å². The summed E-state index contributed by atoms with van der Waals surface area (Å²) in [6.07, 6.45) is 6.58. The minimum atomic E-state index is -0.790. The quantitative estimate of drug-likeness (QED) is 0.235. The van der Waals surface area contributed by atoms with Gasteiger partial charge in [0.2, 0.25) is 0 Å². The molecule has 0 spiro atoms. The molecule has 0 radical (unpaired) electrons. The number of thiocarbonyl (C=S) groups is 1. The molecule has 1 fully saturated rings. The van der Waals surface area contributed by atoms with Crippen molar-refractivity contribution in [2.24, 2.45) is 0 Å². The molecule has 2 aromatic heterocycles. The molecule has 1 aliphatic heterocycles. The Balaban J connectivity index is 1.64. The van der Waals surface area contributed by atoms with Gasteiger partial charge >= 0.3 is 0 Å². The van der Waals surface area contributed by atoms with E-state index in [-0.39, 0.29) is 23.6 Å². The maximum atomic E-state index is 13.4. The summed E-state index contributed by atoms with van der Waals surface area (Å²) in [6.45, 7) is 2.87. The topological polar surface area (TPSA) is 86.9 Å². The summed E-state index contributed by atoms with van der Waals surface area (Å²) < 4.78 is 1.94. The monoisotopic (exact) mass is 508 g/mol. The summed E-state index contributed by atoms with van der Waals surface area (Å²) >= 11 is 6.65. The lowest BCUT2D eigenvalue weighted by Gasteiger charge is -2.15. The van der Waals surface area contributed by atoms with Gasteiger partial charge in [0.1, 0.15) is 15.8 Å². The molecule has 3 heterocycles. The number of benzene rings is 1. The molecule has 1 aliphatic rings. The van der Waals surface area contributed by atoms with E-state index in [0.717, 1.165) is 31.2 Å². The normalized spacial score (nSPS) is 15.8. The van der Waals surface area contributed by atoms with Crippen molar-refractivity contribution in [2.75, 3.05) is 18.4 Å². The van der Waals surface area contributed by atoms with E-state index in [1.807, 2.05) is 30.3 Å². The van der Waals surface area contributed by atoms with Crippen LogP contribution in [0.15, 0.2) is 64.4 Å². The summed E-state index contributed by atoms with van der Waals surface area (Å²) in [4.78, 5) is 33.1. The van der Waals surface area contributed by atoms with Gasteiger partial charge in [-0.25, -0.2) is 4.98 Å². The first kappa shape index (κ1) is 25.1. The lowest BCUT2D eigenvalue weighted by molar-refractivity contribution is -0.122. The minimum Gasteiger partial charge on any atom is -0.387 e. The van der Waals surface area contributed by atoms with E-state index < -0.39 is 6.10 Å². The molecule has 1 atom stereocenters. The zero-order chi connectivity index (χ0) is 24.8. The average molecular weight is 509 g/mol. The molecule has 7 nitrogen and oxygen atoms in total. The Morgan fingerprint density at radius 2 is 1.89 bits per heavy atom. The van der Waals surface area contributed by atoms with E-state index in [0.29, 0.717) is 27.2 Å². The van der Waals surface area contributed by atoms with Gasteiger partial charge in [0.25, 0.3) is 11.5 Å². The number of aliphatic hydroxyl groups excluding tert-OH is 1. The molecule has 35 heavy (non-hydrogen) atoms. The number of anilines is 1. The fourth-order valence-corrected chi connectivity index (χ4v) is 5.16. The van der Waals surface area contributed by atoms with E-state index in [4.69, 9.17) is 12.2 Å². The first-order chi connectivity index (χ1) is 17.0. The zero-order valence-electron chi connectivity index (χ0n) is 19.5. The number of rotatable bonds is 10. The highest BCUT2D eigenvalue weighted by atomic mass is 32.2. The molecule has 1 aromatic carbocycles. The predicted octanol–water partition coefficient (Wildman–Crippen LogP) is 4.62. The van der Waals surface area contributed by atoms with Gasteiger partial charge in [0.15, 0.2) is 0 Å². The third-order valence-electron chi connectivity index (χ3n) is 5.80. The van der Waals surface area contributed by atoms with Crippen LogP contribution in [-0.4, -0.2) is 42.7 Å². The highest BCUT2D eigenvalue weighted by molar-refractivity contribution is 8.26. The van der Waals surface area contributed by atoms with Crippen LogP contribution in [-0.2, 0) is 4.79 Å². The van der Waals surface area contributed by atoms with Gasteiger partial charge < -0.3 is 10.4 Å². The number of fused-ring (bicyclic) bond motifs is 1. The third kappa shape index (κ3) is 5.80. The first-order valence-electron chi connectivity index (χ1n) is 11.7. The van der Waals surface area contributed by atoms with Crippen molar-refractivity contribution in [3.8, 4) is 0 Å². The zero-order valence-corrected chi connectivity index (χ0v) is 21.1. The Morgan fingerprint density at radius 1 is 1.11 bits per heavy atom. The van der Waals surface area contributed by atoms with E-state index in [2.05, 4.69) is 17.2 Å². The Hall–Kier alpha value is -3.01. The van der Waals surface area contributed by atoms with E-state index in [9.17, 15) is 14.7 Å². The van der Waals surface area contributed by atoms with Gasteiger partial charge in [-0.05, 0) is 30.2 Å². The molecule has 3 aromatic rings. The number of thioether (sulfide) groups is 1. The number of carbonyl (C=O) groups excluding carboxylic acids is 1. The number of hydrogen-bond acceptors (Lipinski definition) is 7. The van der Waals surface area contributed by atoms with Crippen LogP contribution >= 0.6 is 24.0 Å². The van der Waals surface area contributed by atoms with Gasteiger partial charge in [-0.2, -0.15) is 0 Å². The molecule has 2 N–H and O–H groups in total. The van der Waals surface area contributed by atoms with E-state index in [1.165, 1.54) is 16.2 Å². The molecule has 0 bridgehead atoms. The molecular formula is C26H28N4O3S2. The fraction of sp³-hybridized carbons (Fsp3) is 0.308. The number of hydrogen-bond donors (Lipinski definition) is 2. The summed E-state index contributed by atoms with van der Waals surface area (Å²) in [6, 6.07) is 14.6. The van der Waals surface area contributed by atoms with Crippen molar-refractivity contribution >= 4 is 51.7 Å². The minimum absolute atomic E-state index is 0.151. The second-order valence-corrected chi connectivity index (χ2v) is 9.99. The second-order valence-electron chi connectivity index (χ2n) is 8.31. The Kier molecular flexibility index (Phi) is 8.33. The first-order valence-corrected chi connectivity index (χ1v) is 13.0. The number of carbonyl (C=O) groups is 1. The maximum absolute atomic E-state index is 13.4. The largest absolute Gasteiger partial charge is 0.387 e. The molecular weight excluding hydrogens is 480 g/mol.